The second-order valence-electron chi connectivity index (χ2n) is 6.32. The first-order chi connectivity index (χ1) is 12.0. The SMILES string of the molecule is Cc1ccc2c(C)c(CCC(=O)N(C)Cc3cccs3)c(=O)oc2c1. The van der Waals surface area contributed by atoms with Crippen molar-refractivity contribution in [3.8, 4) is 0 Å². The van der Waals surface area contributed by atoms with Crippen molar-refractivity contribution in [2.24, 2.45) is 0 Å². The molecular formula is C20H21NO3S. The van der Waals surface area contributed by atoms with Crippen LogP contribution >= 0.6 is 11.3 Å². The van der Waals surface area contributed by atoms with Crippen LogP contribution in [0.4, 0.5) is 0 Å². The molecule has 0 radical (unpaired) electrons. The normalized spacial score (nSPS) is 11.0. The Labute approximate surface area is 150 Å². The molecule has 0 N–H and O–H groups in total. The Bertz CT molecular complexity index is 957. The second-order valence-corrected chi connectivity index (χ2v) is 7.35. The molecule has 0 aliphatic carbocycles. The van der Waals surface area contributed by atoms with Crippen molar-refractivity contribution in [3.05, 3.63) is 67.7 Å². The Hall–Kier alpha value is -2.40. The summed E-state index contributed by atoms with van der Waals surface area (Å²) in [4.78, 5) is 27.5. The number of amides is 1. The number of rotatable bonds is 5. The molecule has 0 unspecified atom stereocenters. The molecule has 1 aromatic carbocycles. The Balaban J connectivity index is 1.75. The van der Waals surface area contributed by atoms with Crippen molar-refractivity contribution >= 4 is 28.2 Å². The molecule has 25 heavy (non-hydrogen) atoms. The highest BCUT2D eigenvalue weighted by Crippen LogP contribution is 2.21. The van der Waals surface area contributed by atoms with Crippen LogP contribution in [0.25, 0.3) is 11.0 Å². The lowest BCUT2D eigenvalue weighted by atomic mass is 10.0. The number of hydrogen-bond acceptors (Lipinski definition) is 4. The lowest BCUT2D eigenvalue weighted by molar-refractivity contribution is -0.130. The Morgan fingerprint density at radius 2 is 2.04 bits per heavy atom. The number of benzene rings is 1. The summed E-state index contributed by atoms with van der Waals surface area (Å²) in [6.45, 7) is 4.48. The highest BCUT2D eigenvalue weighted by atomic mass is 32.1. The summed E-state index contributed by atoms with van der Waals surface area (Å²) >= 11 is 1.63. The van der Waals surface area contributed by atoms with Crippen LogP contribution in [0.15, 0.2) is 44.9 Å². The number of aryl methyl sites for hydroxylation is 2. The fraction of sp³-hybridized carbons (Fsp3) is 0.300. The summed E-state index contributed by atoms with van der Waals surface area (Å²) in [6.07, 6.45) is 0.691. The molecule has 0 saturated carbocycles. The topological polar surface area (TPSA) is 50.5 Å². The van der Waals surface area contributed by atoms with Crippen molar-refractivity contribution in [2.45, 2.75) is 33.2 Å². The molecule has 0 fully saturated rings. The van der Waals surface area contributed by atoms with Gasteiger partial charge in [0.1, 0.15) is 5.58 Å². The van der Waals surface area contributed by atoms with E-state index in [0.717, 1.165) is 21.4 Å². The Morgan fingerprint density at radius 3 is 2.76 bits per heavy atom. The maximum absolute atomic E-state index is 12.4. The zero-order chi connectivity index (χ0) is 18.0. The van der Waals surface area contributed by atoms with Gasteiger partial charge in [-0.05, 0) is 48.9 Å². The summed E-state index contributed by atoms with van der Waals surface area (Å²) in [7, 11) is 1.79. The fourth-order valence-corrected chi connectivity index (χ4v) is 3.69. The van der Waals surface area contributed by atoms with E-state index in [-0.39, 0.29) is 11.5 Å². The fourth-order valence-electron chi connectivity index (χ4n) is 2.94. The zero-order valence-electron chi connectivity index (χ0n) is 14.7. The van der Waals surface area contributed by atoms with Crippen LogP contribution in [0.3, 0.4) is 0 Å². The van der Waals surface area contributed by atoms with Crippen LogP contribution in [-0.2, 0) is 17.8 Å². The van der Waals surface area contributed by atoms with Crippen LogP contribution in [-0.4, -0.2) is 17.9 Å². The Kier molecular flexibility index (Phi) is 5.04. The van der Waals surface area contributed by atoms with Crippen molar-refractivity contribution in [1.29, 1.82) is 0 Å². The smallest absolute Gasteiger partial charge is 0.339 e. The average Bonchev–Trinajstić information content (AvgIpc) is 3.06. The third kappa shape index (κ3) is 3.82. The number of fused-ring (bicyclic) bond motifs is 1. The maximum Gasteiger partial charge on any atom is 0.339 e. The van der Waals surface area contributed by atoms with Gasteiger partial charge in [0.25, 0.3) is 0 Å². The van der Waals surface area contributed by atoms with Gasteiger partial charge in [-0.15, -0.1) is 11.3 Å². The first kappa shape index (κ1) is 17.4. The first-order valence-corrected chi connectivity index (χ1v) is 9.13. The summed E-state index contributed by atoms with van der Waals surface area (Å²) in [5, 5.41) is 2.93. The molecule has 3 rings (SSSR count). The van der Waals surface area contributed by atoms with Crippen LogP contribution in [0.1, 0.15) is 28.0 Å². The minimum atomic E-state index is -0.343. The van der Waals surface area contributed by atoms with E-state index < -0.39 is 0 Å². The number of carbonyl (C=O) groups excluding carboxylic acids is 1. The molecule has 3 aromatic rings. The molecule has 0 aliphatic rings. The third-order valence-corrected chi connectivity index (χ3v) is 5.29. The van der Waals surface area contributed by atoms with Gasteiger partial charge in [-0.1, -0.05) is 18.2 Å². The van der Waals surface area contributed by atoms with Gasteiger partial charge in [-0.25, -0.2) is 4.79 Å². The van der Waals surface area contributed by atoms with E-state index in [2.05, 4.69) is 0 Å². The number of nitrogens with zero attached hydrogens (tertiary/aromatic N) is 1. The van der Waals surface area contributed by atoms with Crippen LogP contribution < -0.4 is 5.63 Å². The Morgan fingerprint density at radius 1 is 1.24 bits per heavy atom. The standard InChI is InChI=1S/C20H21NO3S/c1-13-6-7-16-14(2)17(20(23)24-18(16)11-13)8-9-19(22)21(3)12-15-5-4-10-25-15/h4-7,10-11H,8-9,12H2,1-3H3. The molecular weight excluding hydrogens is 334 g/mol. The van der Waals surface area contributed by atoms with E-state index in [9.17, 15) is 9.59 Å². The van der Waals surface area contributed by atoms with Gasteiger partial charge in [0.2, 0.25) is 5.91 Å². The molecule has 0 bridgehead atoms. The molecule has 0 saturated heterocycles. The molecule has 2 heterocycles. The highest BCUT2D eigenvalue weighted by Gasteiger charge is 2.15. The minimum absolute atomic E-state index is 0.0243. The lowest BCUT2D eigenvalue weighted by Gasteiger charge is -2.16. The minimum Gasteiger partial charge on any atom is -0.423 e. The predicted molar refractivity (Wildman–Crippen MR) is 101 cm³/mol. The van der Waals surface area contributed by atoms with Gasteiger partial charge >= 0.3 is 5.63 Å². The van der Waals surface area contributed by atoms with E-state index in [1.165, 1.54) is 0 Å². The highest BCUT2D eigenvalue weighted by molar-refractivity contribution is 7.09. The number of thiophene rings is 1. The van der Waals surface area contributed by atoms with Gasteiger partial charge in [0.15, 0.2) is 0 Å². The summed E-state index contributed by atoms with van der Waals surface area (Å²) < 4.78 is 5.45. The maximum atomic E-state index is 12.4. The van der Waals surface area contributed by atoms with Crippen molar-refractivity contribution in [2.75, 3.05) is 7.05 Å². The zero-order valence-corrected chi connectivity index (χ0v) is 15.5. The second kappa shape index (κ2) is 7.23. The van der Waals surface area contributed by atoms with E-state index >= 15 is 0 Å². The number of carbonyl (C=O) groups is 1. The summed E-state index contributed by atoms with van der Waals surface area (Å²) in [5.41, 5.74) is 2.80. The van der Waals surface area contributed by atoms with Crippen LogP contribution in [0.5, 0.6) is 0 Å². The van der Waals surface area contributed by atoms with E-state index in [4.69, 9.17) is 4.42 Å². The van der Waals surface area contributed by atoms with E-state index in [0.29, 0.717) is 30.5 Å². The lowest BCUT2D eigenvalue weighted by Crippen LogP contribution is -2.26. The summed E-state index contributed by atoms with van der Waals surface area (Å²) in [6, 6.07) is 9.83. The van der Waals surface area contributed by atoms with Crippen LogP contribution in [0, 0.1) is 13.8 Å². The van der Waals surface area contributed by atoms with E-state index in [1.54, 1.807) is 23.3 Å². The monoisotopic (exact) mass is 355 g/mol. The van der Waals surface area contributed by atoms with Gasteiger partial charge in [-0.2, -0.15) is 0 Å². The quantitative estimate of drug-likeness (QED) is 0.649. The predicted octanol–water partition coefficient (Wildman–Crippen LogP) is 4.06. The van der Waals surface area contributed by atoms with Crippen molar-refractivity contribution in [1.82, 2.24) is 4.90 Å². The van der Waals surface area contributed by atoms with E-state index in [1.807, 2.05) is 49.6 Å². The molecule has 1 amide bonds. The molecule has 4 nitrogen and oxygen atoms in total. The third-order valence-electron chi connectivity index (χ3n) is 4.43. The molecule has 0 atom stereocenters. The molecule has 0 spiro atoms. The first-order valence-electron chi connectivity index (χ1n) is 8.25. The largest absolute Gasteiger partial charge is 0.423 e. The average molecular weight is 355 g/mol. The van der Waals surface area contributed by atoms with Gasteiger partial charge in [-0.3, -0.25) is 4.79 Å². The molecule has 130 valence electrons. The number of hydrogen-bond donors (Lipinski definition) is 0. The van der Waals surface area contributed by atoms with Crippen molar-refractivity contribution < 1.29 is 9.21 Å². The van der Waals surface area contributed by atoms with Gasteiger partial charge in [0.05, 0.1) is 6.54 Å². The summed E-state index contributed by atoms with van der Waals surface area (Å²) in [5.74, 6) is 0.0243. The molecule has 5 heteroatoms. The molecule has 0 aliphatic heterocycles. The van der Waals surface area contributed by atoms with Gasteiger partial charge < -0.3 is 9.32 Å². The van der Waals surface area contributed by atoms with Gasteiger partial charge in [0, 0.05) is 29.3 Å². The van der Waals surface area contributed by atoms with Crippen molar-refractivity contribution in [3.63, 3.8) is 0 Å². The molecule has 2 aromatic heterocycles. The van der Waals surface area contributed by atoms with Crippen LogP contribution in [0.2, 0.25) is 0 Å².